The van der Waals surface area contributed by atoms with Crippen LogP contribution in [-0.2, 0) is 10.8 Å². The Morgan fingerprint density at radius 1 is 0.583 bits per heavy atom. The van der Waals surface area contributed by atoms with E-state index >= 15 is 0 Å². The molecular weight excluding hydrogens is 434 g/mol. The molecule has 0 aliphatic heterocycles. The van der Waals surface area contributed by atoms with Gasteiger partial charge in [-0.2, -0.15) is 0 Å². The van der Waals surface area contributed by atoms with E-state index in [0.717, 1.165) is 0 Å². The van der Waals surface area contributed by atoms with E-state index in [9.17, 15) is 0 Å². The molecule has 4 aromatic carbocycles. The van der Waals surface area contributed by atoms with Crippen molar-refractivity contribution in [1.29, 1.82) is 0 Å². The summed E-state index contributed by atoms with van der Waals surface area (Å²) in [6.07, 6.45) is 0. The zero-order valence-electron chi connectivity index (χ0n) is 23.1. The van der Waals surface area contributed by atoms with Crippen LogP contribution in [0.4, 0.5) is 11.4 Å². The minimum atomic E-state index is -0.0991. The van der Waals surface area contributed by atoms with Crippen LogP contribution in [-0.4, -0.2) is 5.54 Å². The molecule has 0 saturated heterocycles. The molecular formula is C35H39N. The van der Waals surface area contributed by atoms with Crippen molar-refractivity contribution in [2.45, 2.75) is 71.8 Å². The maximum atomic E-state index is 2.54. The lowest BCUT2D eigenvalue weighted by molar-refractivity contribution is 0.542. The van der Waals surface area contributed by atoms with Crippen molar-refractivity contribution in [2.24, 2.45) is 0 Å². The van der Waals surface area contributed by atoms with E-state index in [1.807, 2.05) is 0 Å². The van der Waals surface area contributed by atoms with Gasteiger partial charge in [0.05, 0.1) is 0 Å². The molecule has 1 heteroatoms. The fourth-order valence-electron chi connectivity index (χ4n) is 5.84. The first-order valence-electron chi connectivity index (χ1n) is 13.1. The second-order valence-electron chi connectivity index (χ2n) is 12.8. The Bertz CT molecular complexity index is 1390. The predicted molar refractivity (Wildman–Crippen MR) is 156 cm³/mol. The van der Waals surface area contributed by atoms with Gasteiger partial charge in [0.15, 0.2) is 0 Å². The molecule has 0 aromatic heterocycles. The van der Waals surface area contributed by atoms with E-state index in [1.165, 1.54) is 50.3 Å². The van der Waals surface area contributed by atoms with Crippen molar-refractivity contribution >= 4 is 11.4 Å². The summed E-state index contributed by atoms with van der Waals surface area (Å²) >= 11 is 0. The quantitative estimate of drug-likeness (QED) is 0.286. The monoisotopic (exact) mass is 473 g/mol. The van der Waals surface area contributed by atoms with Crippen LogP contribution in [0.25, 0.3) is 22.3 Å². The molecule has 184 valence electrons. The Labute approximate surface area is 217 Å². The first kappa shape index (κ1) is 24.4. The number of hydrogen-bond acceptors (Lipinski definition) is 1. The van der Waals surface area contributed by atoms with E-state index in [4.69, 9.17) is 0 Å². The molecule has 5 rings (SSSR count). The number of anilines is 2. The SMILES string of the molecule is CC(C)(C)c1cc2c(cc1N(c1ccc(-c3ccccc3)cc1)C(C)(C)C)C(C)(C)c1ccccc1-2. The van der Waals surface area contributed by atoms with Gasteiger partial charge in [0.1, 0.15) is 0 Å². The van der Waals surface area contributed by atoms with Gasteiger partial charge in [0, 0.05) is 22.3 Å². The molecule has 0 heterocycles. The van der Waals surface area contributed by atoms with Crippen molar-refractivity contribution in [2.75, 3.05) is 4.90 Å². The molecule has 0 amide bonds. The van der Waals surface area contributed by atoms with Crippen molar-refractivity contribution in [3.63, 3.8) is 0 Å². The fourth-order valence-corrected chi connectivity index (χ4v) is 5.84. The maximum Gasteiger partial charge on any atom is 0.0457 e. The van der Waals surface area contributed by atoms with E-state index in [1.54, 1.807) is 0 Å². The second-order valence-corrected chi connectivity index (χ2v) is 12.8. The number of hydrogen-bond donors (Lipinski definition) is 0. The summed E-state index contributed by atoms with van der Waals surface area (Å²) in [4.78, 5) is 2.54. The average molecular weight is 474 g/mol. The van der Waals surface area contributed by atoms with E-state index in [0.29, 0.717) is 0 Å². The highest BCUT2D eigenvalue weighted by molar-refractivity contribution is 5.85. The maximum absolute atomic E-state index is 2.54. The Morgan fingerprint density at radius 2 is 1.17 bits per heavy atom. The second kappa shape index (κ2) is 8.37. The molecule has 1 nitrogen and oxygen atoms in total. The van der Waals surface area contributed by atoms with E-state index in [2.05, 4.69) is 151 Å². The fraction of sp³-hybridized carbons (Fsp3) is 0.314. The van der Waals surface area contributed by atoms with Crippen molar-refractivity contribution in [3.05, 3.63) is 108 Å². The third kappa shape index (κ3) is 4.05. The summed E-state index contributed by atoms with van der Waals surface area (Å²) in [6.45, 7) is 18.7. The Morgan fingerprint density at radius 3 is 1.78 bits per heavy atom. The standard InChI is InChI=1S/C35H39N/c1-33(2,3)31-22-28-27-16-12-13-17-29(27)35(7,8)30(28)23-32(31)36(34(4,5)6)26-20-18-25(19-21-26)24-14-10-9-11-15-24/h9-23H,1-8H3. The van der Waals surface area contributed by atoms with E-state index < -0.39 is 0 Å². The van der Waals surface area contributed by atoms with Crippen LogP contribution >= 0.6 is 0 Å². The van der Waals surface area contributed by atoms with Gasteiger partial charge in [-0.15, -0.1) is 0 Å². The van der Waals surface area contributed by atoms with Crippen LogP contribution in [0, 0.1) is 0 Å². The summed E-state index contributed by atoms with van der Waals surface area (Å²) in [6, 6.07) is 33.6. The summed E-state index contributed by atoms with van der Waals surface area (Å²) in [5.74, 6) is 0. The highest BCUT2D eigenvalue weighted by Crippen LogP contribution is 2.53. The summed E-state index contributed by atoms with van der Waals surface area (Å²) in [5, 5.41) is 0. The molecule has 4 aromatic rings. The van der Waals surface area contributed by atoms with Crippen LogP contribution < -0.4 is 4.90 Å². The lowest BCUT2D eigenvalue weighted by atomic mass is 9.78. The number of rotatable bonds is 3. The van der Waals surface area contributed by atoms with Crippen molar-refractivity contribution < 1.29 is 0 Å². The molecule has 1 aliphatic rings. The Kier molecular flexibility index (Phi) is 5.67. The molecule has 1 aliphatic carbocycles. The predicted octanol–water partition coefficient (Wildman–Crippen LogP) is 9.89. The molecule has 0 unspecified atom stereocenters. The van der Waals surface area contributed by atoms with Gasteiger partial charge < -0.3 is 4.90 Å². The van der Waals surface area contributed by atoms with Crippen LogP contribution in [0.1, 0.15) is 72.1 Å². The van der Waals surface area contributed by atoms with Gasteiger partial charge >= 0.3 is 0 Å². The minimum absolute atomic E-state index is 0.000477. The molecule has 36 heavy (non-hydrogen) atoms. The molecule has 0 radical (unpaired) electrons. The van der Waals surface area contributed by atoms with Crippen molar-refractivity contribution in [3.8, 4) is 22.3 Å². The van der Waals surface area contributed by atoms with Gasteiger partial charge in [-0.25, -0.2) is 0 Å². The lowest BCUT2D eigenvalue weighted by Gasteiger charge is -2.41. The zero-order chi connectivity index (χ0) is 25.9. The van der Waals surface area contributed by atoms with Gasteiger partial charge in [-0.3, -0.25) is 0 Å². The van der Waals surface area contributed by atoms with Crippen molar-refractivity contribution in [1.82, 2.24) is 0 Å². The highest BCUT2D eigenvalue weighted by Gasteiger charge is 2.39. The summed E-state index contributed by atoms with van der Waals surface area (Å²) in [5.41, 5.74) is 11.9. The topological polar surface area (TPSA) is 3.24 Å². The average Bonchev–Trinajstić information content (AvgIpc) is 3.05. The third-order valence-corrected chi connectivity index (χ3v) is 7.65. The van der Waals surface area contributed by atoms with Gasteiger partial charge in [-0.1, -0.05) is 101 Å². The summed E-state index contributed by atoms with van der Waals surface area (Å²) in [7, 11) is 0. The molecule has 0 N–H and O–H groups in total. The first-order chi connectivity index (χ1) is 16.9. The van der Waals surface area contributed by atoms with E-state index in [-0.39, 0.29) is 16.4 Å². The highest BCUT2D eigenvalue weighted by atomic mass is 15.2. The number of fused-ring (bicyclic) bond motifs is 3. The normalized spacial score (nSPS) is 14.3. The molecule has 0 saturated carbocycles. The molecule has 0 bridgehead atoms. The van der Waals surface area contributed by atoms with Crippen LogP contribution in [0.3, 0.4) is 0 Å². The third-order valence-electron chi connectivity index (χ3n) is 7.65. The number of benzene rings is 4. The first-order valence-corrected chi connectivity index (χ1v) is 13.1. The van der Waals surface area contributed by atoms with Gasteiger partial charge in [0.2, 0.25) is 0 Å². The largest absolute Gasteiger partial charge is 0.336 e. The van der Waals surface area contributed by atoms with Crippen LogP contribution in [0.2, 0.25) is 0 Å². The number of nitrogens with zero attached hydrogens (tertiary/aromatic N) is 1. The Hall–Kier alpha value is -3.32. The molecule has 0 fully saturated rings. The smallest absolute Gasteiger partial charge is 0.0457 e. The minimum Gasteiger partial charge on any atom is -0.336 e. The summed E-state index contributed by atoms with van der Waals surface area (Å²) < 4.78 is 0. The van der Waals surface area contributed by atoms with Gasteiger partial charge in [-0.05, 0) is 89.4 Å². The molecule has 0 spiro atoms. The van der Waals surface area contributed by atoms with Crippen LogP contribution in [0.15, 0.2) is 91.0 Å². The Balaban J connectivity index is 1.71. The van der Waals surface area contributed by atoms with Gasteiger partial charge in [0.25, 0.3) is 0 Å². The zero-order valence-corrected chi connectivity index (χ0v) is 23.1. The van der Waals surface area contributed by atoms with Crippen LogP contribution in [0.5, 0.6) is 0 Å². The molecule has 0 atom stereocenters. The lowest BCUT2D eigenvalue weighted by Crippen LogP contribution is -2.39.